The molecule has 0 amide bonds. The van der Waals surface area contributed by atoms with Crippen LogP contribution in [0.1, 0.15) is 22.3 Å². The Bertz CT molecular complexity index is 610. The van der Waals surface area contributed by atoms with Crippen molar-refractivity contribution in [3.63, 3.8) is 0 Å². The van der Waals surface area contributed by atoms with Crippen LogP contribution < -0.4 is 0 Å². The summed E-state index contributed by atoms with van der Waals surface area (Å²) in [6, 6.07) is 10.2. The van der Waals surface area contributed by atoms with Crippen LogP contribution in [0, 0.1) is 20.8 Å². The molecule has 0 fully saturated rings. The number of hydrogen-bond donors (Lipinski definition) is 0. The Balaban J connectivity index is 2.62. The first-order valence-electron chi connectivity index (χ1n) is 6.05. The van der Waals surface area contributed by atoms with Gasteiger partial charge in [0.2, 0.25) is 0 Å². The SMILES string of the molecule is Cc1ccc(-c2cccc(C)c2C)cc1C(F)(F)F. The Hall–Kier alpha value is -1.77. The molecule has 0 saturated heterocycles. The van der Waals surface area contributed by atoms with E-state index in [1.165, 1.54) is 19.1 Å². The van der Waals surface area contributed by atoms with E-state index in [2.05, 4.69) is 0 Å². The van der Waals surface area contributed by atoms with Crippen molar-refractivity contribution in [2.45, 2.75) is 26.9 Å². The lowest BCUT2D eigenvalue weighted by atomic mass is 9.94. The Kier molecular flexibility index (Phi) is 3.40. The summed E-state index contributed by atoms with van der Waals surface area (Å²) in [4.78, 5) is 0. The predicted octanol–water partition coefficient (Wildman–Crippen LogP) is 5.30. The fraction of sp³-hybridized carbons (Fsp3) is 0.250. The molecule has 0 aliphatic heterocycles. The molecular formula is C16H15F3. The monoisotopic (exact) mass is 264 g/mol. The first-order valence-corrected chi connectivity index (χ1v) is 6.05. The number of alkyl halides is 3. The number of benzene rings is 2. The van der Waals surface area contributed by atoms with Gasteiger partial charge in [-0.25, -0.2) is 0 Å². The molecule has 0 saturated carbocycles. The van der Waals surface area contributed by atoms with Crippen LogP contribution in [0.4, 0.5) is 13.2 Å². The van der Waals surface area contributed by atoms with Crippen LogP contribution in [-0.4, -0.2) is 0 Å². The minimum Gasteiger partial charge on any atom is -0.166 e. The van der Waals surface area contributed by atoms with Gasteiger partial charge in [-0.15, -0.1) is 0 Å². The molecule has 0 heterocycles. The van der Waals surface area contributed by atoms with Gasteiger partial charge < -0.3 is 0 Å². The summed E-state index contributed by atoms with van der Waals surface area (Å²) in [5, 5.41) is 0. The number of aryl methyl sites for hydroxylation is 2. The third kappa shape index (κ3) is 2.65. The van der Waals surface area contributed by atoms with Crippen molar-refractivity contribution < 1.29 is 13.2 Å². The van der Waals surface area contributed by atoms with Crippen LogP contribution in [0.15, 0.2) is 36.4 Å². The van der Waals surface area contributed by atoms with E-state index in [9.17, 15) is 13.2 Å². The summed E-state index contributed by atoms with van der Waals surface area (Å²) < 4.78 is 38.8. The number of hydrogen-bond acceptors (Lipinski definition) is 0. The molecule has 2 aromatic carbocycles. The lowest BCUT2D eigenvalue weighted by Crippen LogP contribution is -2.07. The summed E-state index contributed by atoms with van der Waals surface area (Å²) in [5.41, 5.74) is 3.24. The van der Waals surface area contributed by atoms with Gasteiger partial charge in [0.25, 0.3) is 0 Å². The van der Waals surface area contributed by atoms with Gasteiger partial charge in [-0.2, -0.15) is 13.2 Å². The molecule has 100 valence electrons. The molecule has 2 aromatic rings. The average Bonchev–Trinajstić information content (AvgIpc) is 2.32. The van der Waals surface area contributed by atoms with E-state index in [0.717, 1.165) is 16.7 Å². The molecule has 0 bridgehead atoms. The fourth-order valence-electron chi connectivity index (χ4n) is 2.16. The fourth-order valence-corrected chi connectivity index (χ4v) is 2.16. The topological polar surface area (TPSA) is 0 Å². The second-order valence-corrected chi connectivity index (χ2v) is 4.77. The first kappa shape index (κ1) is 13.7. The highest BCUT2D eigenvalue weighted by Gasteiger charge is 2.32. The van der Waals surface area contributed by atoms with E-state index < -0.39 is 11.7 Å². The quantitative estimate of drug-likeness (QED) is 0.655. The Labute approximate surface area is 110 Å². The zero-order chi connectivity index (χ0) is 14.2. The van der Waals surface area contributed by atoms with Crippen molar-refractivity contribution in [2.75, 3.05) is 0 Å². The van der Waals surface area contributed by atoms with Crippen LogP contribution in [0.3, 0.4) is 0 Å². The molecule has 0 spiro atoms. The summed E-state index contributed by atoms with van der Waals surface area (Å²) in [7, 11) is 0. The summed E-state index contributed by atoms with van der Waals surface area (Å²) >= 11 is 0. The van der Waals surface area contributed by atoms with E-state index in [1.54, 1.807) is 6.07 Å². The Morgan fingerprint density at radius 2 is 1.53 bits per heavy atom. The van der Waals surface area contributed by atoms with Crippen molar-refractivity contribution >= 4 is 0 Å². The van der Waals surface area contributed by atoms with Gasteiger partial charge in [0, 0.05) is 0 Å². The molecule has 3 heteroatoms. The minimum absolute atomic E-state index is 0.251. The summed E-state index contributed by atoms with van der Waals surface area (Å²) in [5.74, 6) is 0. The maximum absolute atomic E-state index is 12.9. The molecule has 0 radical (unpaired) electrons. The van der Waals surface area contributed by atoms with E-state index >= 15 is 0 Å². The Morgan fingerprint density at radius 3 is 2.16 bits per heavy atom. The van der Waals surface area contributed by atoms with Gasteiger partial charge in [0.1, 0.15) is 0 Å². The molecule has 0 unspecified atom stereocenters. The van der Waals surface area contributed by atoms with Gasteiger partial charge in [0.15, 0.2) is 0 Å². The highest BCUT2D eigenvalue weighted by molar-refractivity contribution is 5.69. The minimum atomic E-state index is -4.31. The van der Waals surface area contributed by atoms with E-state index in [1.807, 2.05) is 32.0 Å². The summed E-state index contributed by atoms with van der Waals surface area (Å²) in [6.45, 7) is 5.37. The predicted molar refractivity (Wildman–Crippen MR) is 71.1 cm³/mol. The molecule has 0 nitrogen and oxygen atoms in total. The third-order valence-electron chi connectivity index (χ3n) is 3.46. The van der Waals surface area contributed by atoms with Crippen LogP contribution in [0.2, 0.25) is 0 Å². The van der Waals surface area contributed by atoms with Gasteiger partial charge in [-0.1, -0.05) is 30.3 Å². The van der Waals surface area contributed by atoms with Gasteiger partial charge in [-0.3, -0.25) is 0 Å². The zero-order valence-electron chi connectivity index (χ0n) is 11.1. The maximum Gasteiger partial charge on any atom is 0.416 e. The largest absolute Gasteiger partial charge is 0.416 e. The van der Waals surface area contributed by atoms with Crippen LogP contribution >= 0.6 is 0 Å². The van der Waals surface area contributed by atoms with Crippen molar-refractivity contribution in [2.24, 2.45) is 0 Å². The molecule has 0 atom stereocenters. The summed E-state index contributed by atoms with van der Waals surface area (Å²) in [6.07, 6.45) is -4.31. The lowest BCUT2D eigenvalue weighted by Gasteiger charge is -2.14. The van der Waals surface area contributed by atoms with Crippen LogP contribution in [-0.2, 0) is 6.18 Å². The van der Waals surface area contributed by atoms with Crippen LogP contribution in [0.25, 0.3) is 11.1 Å². The number of halogens is 3. The number of rotatable bonds is 1. The van der Waals surface area contributed by atoms with Crippen molar-refractivity contribution in [3.05, 3.63) is 58.7 Å². The Morgan fingerprint density at radius 1 is 0.842 bits per heavy atom. The van der Waals surface area contributed by atoms with E-state index in [4.69, 9.17) is 0 Å². The average molecular weight is 264 g/mol. The van der Waals surface area contributed by atoms with Gasteiger partial charge >= 0.3 is 6.18 Å². The molecule has 2 rings (SSSR count). The maximum atomic E-state index is 12.9. The molecule has 0 aromatic heterocycles. The van der Waals surface area contributed by atoms with E-state index in [-0.39, 0.29) is 5.56 Å². The van der Waals surface area contributed by atoms with Crippen molar-refractivity contribution in [1.82, 2.24) is 0 Å². The lowest BCUT2D eigenvalue weighted by molar-refractivity contribution is -0.138. The third-order valence-corrected chi connectivity index (χ3v) is 3.46. The normalized spacial score (nSPS) is 11.7. The zero-order valence-corrected chi connectivity index (χ0v) is 11.1. The van der Waals surface area contributed by atoms with Gasteiger partial charge in [0.05, 0.1) is 5.56 Å². The second-order valence-electron chi connectivity index (χ2n) is 4.77. The first-order chi connectivity index (χ1) is 8.80. The molecule has 0 aliphatic rings. The smallest absolute Gasteiger partial charge is 0.166 e. The molecule has 19 heavy (non-hydrogen) atoms. The van der Waals surface area contributed by atoms with E-state index in [0.29, 0.717) is 5.56 Å². The molecule has 0 N–H and O–H groups in total. The van der Waals surface area contributed by atoms with Crippen LogP contribution in [0.5, 0.6) is 0 Å². The molecule has 0 aliphatic carbocycles. The van der Waals surface area contributed by atoms with Crippen molar-refractivity contribution in [3.8, 4) is 11.1 Å². The highest BCUT2D eigenvalue weighted by atomic mass is 19.4. The highest BCUT2D eigenvalue weighted by Crippen LogP contribution is 2.35. The van der Waals surface area contributed by atoms with Gasteiger partial charge in [-0.05, 0) is 54.7 Å². The molecular weight excluding hydrogens is 249 g/mol. The van der Waals surface area contributed by atoms with Crippen molar-refractivity contribution in [1.29, 1.82) is 0 Å². The second kappa shape index (κ2) is 4.72. The standard InChI is InChI=1S/C16H15F3/c1-10-5-4-6-14(12(10)3)13-8-7-11(2)15(9-13)16(17,18)19/h4-9H,1-3H3.